The van der Waals surface area contributed by atoms with E-state index < -0.39 is 0 Å². The quantitative estimate of drug-likeness (QED) is 0.514. The van der Waals surface area contributed by atoms with E-state index in [0.717, 1.165) is 0 Å². The molecule has 1 amide bonds. The molecule has 0 heterocycles. The van der Waals surface area contributed by atoms with Gasteiger partial charge in [-0.1, -0.05) is 0 Å². The molecule has 0 atom stereocenters. The van der Waals surface area contributed by atoms with Crippen LogP contribution in [0.2, 0.25) is 0 Å². The highest BCUT2D eigenvalue weighted by molar-refractivity contribution is 5.74. The van der Waals surface area contributed by atoms with Crippen molar-refractivity contribution in [3.8, 4) is 0 Å². The first-order valence-corrected chi connectivity index (χ1v) is 2.50. The Kier molecular flexibility index (Phi) is 3.84. The molecule has 0 aromatic heterocycles. The Morgan fingerprint density at radius 3 is 2.88 bits per heavy atom. The molecule has 0 bridgehead atoms. The molecule has 0 rings (SSSR count). The van der Waals surface area contributed by atoms with Gasteiger partial charge >= 0.3 is 0 Å². The van der Waals surface area contributed by atoms with E-state index in [1.165, 1.54) is 0 Å². The maximum Gasteiger partial charge on any atom is 0.219 e. The molecular formula is C5H10N2O. The molecule has 0 aromatic carbocycles. The molecule has 0 saturated heterocycles. The maximum atomic E-state index is 10.0. The molecule has 2 N–H and O–H groups in total. The van der Waals surface area contributed by atoms with Crippen LogP contribution in [-0.2, 0) is 4.79 Å². The van der Waals surface area contributed by atoms with Gasteiger partial charge in [0.05, 0.1) is 0 Å². The normalized spacial score (nSPS) is 10.1. The average Bonchev–Trinajstić information content (AvgIpc) is 1.66. The van der Waals surface area contributed by atoms with Gasteiger partial charge in [-0.2, -0.15) is 0 Å². The monoisotopic (exact) mass is 114 g/mol. The molecule has 0 fully saturated rings. The van der Waals surface area contributed by atoms with E-state index in [9.17, 15) is 4.79 Å². The lowest BCUT2D eigenvalue weighted by Gasteiger charge is -1.85. The van der Waals surface area contributed by atoms with Crippen LogP contribution in [0.15, 0.2) is 4.99 Å². The molecule has 3 nitrogen and oxygen atoms in total. The fourth-order valence-corrected chi connectivity index (χ4v) is 0.304. The van der Waals surface area contributed by atoms with Gasteiger partial charge < -0.3 is 5.73 Å². The Morgan fingerprint density at radius 2 is 2.50 bits per heavy atom. The van der Waals surface area contributed by atoms with Crippen LogP contribution in [-0.4, -0.2) is 18.7 Å². The number of nitrogens with zero attached hydrogens (tertiary/aromatic N) is 1. The van der Waals surface area contributed by atoms with Gasteiger partial charge in [-0.25, -0.2) is 0 Å². The third-order valence-electron chi connectivity index (χ3n) is 0.670. The molecule has 0 aliphatic rings. The number of aliphatic imine (C=N–C) groups is 1. The lowest BCUT2D eigenvalue weighted by molar-refractivity contribution is -0.117. The van der Waals surface area contributed by atoms with Gasteiger partial charge in [0, 0.05) is 13.0 Å². The minimum absolute atomic E-state index is 0.296. The predicted molar refractivity (Wildman–Crippen MR) is 32.8 cm³/mol. The second-order valence-corrected chi connectivity index (χ2v) is 1.38. The van der Waals surface area contributed by atoms with Gasteiger partial charge in [-0.15, -0.1) is 0 Å². The zero-order chi connectivity index (χ0) is 6.41. The topological polar surface area (TPSA) is 55.4 Å². The first-order chi connectivity index (χ1) is 3.77. The number of nitrogens with two attached hydrogens (primary N) is 1. The summed E-state index contributed by atoms with van der Waals surface area (Å²) in [6.07, 6.45) is 2.01. The maximum absolute atomic E-state index is 10.0. The Morgan fingerprint density at radius 1 is 1.88 bits per heavy atom. The third kappa shape index (κ3) is 5.14. The van der Waals surface area contributed by atoms with Crippen LogP contribution in [0.5, 0.6) is 0 Å². The van der Waals surface area contributed by atoms with Crippen LogP contribution < -0.4 is 5.73 Å². The number of hydrogen-bond donors (Lipinski definition) is 1. The first kappa shape index (κ1) is 7.14. The van der Waals surface area contributed by atoms with Crippen molar-refractivity contribution in [1.29, 1.82) is 0 Å². The summed E-state index contributed by atoms with van der Waals surface area (Å²) in [7, 11) is 0. The van der Waals surface area contributed by atoms with E-state index in [-0.39, 0.29) is 5.91 Å². The molecule has 0 radical (unpaired) electrons. The lowest BCUT2D eigenvalue weighted by atomic mass is 10.4. The number of primary amides is 1. The molecule has 8 heavy (non-hydrogen) atoms. The molecule has 0 unspecified atom stereocenters. The Labute approximate surface area is 48.6 Å². The van der Waals surface area contributed by atoms with Crippen LogP contribution in [0.1, 0.15) is 13.3 Å². The second-order valence-electron chi connectivity index (χ2n) is 1.38. The van der Waals surface area contributed by atoms with Crippen molar-refractivity contribution in [3.63, 3.8) is 0 Å². The minimum Gasteiger partial charge on any atom is -0.370 e. The Bertz CT molecular complexity index is 98.6. The number of amides is 1. The molecule has 0 spiro atoms. The number of rotatable bonds is 3. The van der Waals surface area contributed by atoms with Crippen molar-refractivity contribution in [2.24, 2.45) is 10.7 Å². The van der Waals surface area contributed by atoms with Crippen LogP contribution in [0.3, 0.4) is 0 Å². The van der Waals surface area contributed by atoms with Crippen molar-refractivity contribution in [1.82, 2.24) is 0 Å². The number of carbonyl (C=O) groups excluding carboxylic acids is 1. The highest BCUT2D eigenvalue weighted by Gasteiger charge is 1.87. The van der Waals surface area contributed by atoms with Gasteiger partial charge in [0.2, 0.25) is 5.91 Å². The lowest BCUT2D eigenvalue weighted by Crippen LogP contribution is -2.11. The zero-order valence-corrected chi connectivity index (χ0v) is 4.92. The molecule has 0 aliphatic heterocycles. The summed E-state index contributed by atoms with van der Waals surface area (Å²) in [5, 5.41) is 0. The van der Waals surface area contributed by atoms with Crippen molar-refractivity contribution in [2.75, 3.05) is 6.54 Å². The molecular weight excluding hydrogens is 104 g/mol. The molecule has 0 saturated carbocycles. The molecule has 46 valence electrons. The van der Waals surface area contributed by atoms with E-state index in [1.54, 1.807) is 13.1 Å². The fraction of sp³-hybridized carbons (Fsp3) is 0.600. The molecule has 3 heteroatoms. The second kappa shape index (κ2) is 4.30. The fourth-order valence-electron chi connectivity index (χ4n) is 0.304. The average molecular weight is 114 g/mol. The summed E-state index contributed by atoms with van der Waals surface area (Å²) in [4.78, 5) is 13.8. The van der Waals surface area contributed by atoms with Gasteiger partial charge in [-0.05, 0) is 13.1 Å². The number of carbonyl (C=O) groups is 1. The van der Waals surface area contributed by atoms with Crippen molar-refractivity contribution in [3.05, 3.63) is 0 Å². The van der Waals surface area contributed by atoms with E-state index in [4.69, 9.17) is 5.73 Å². The van der Waals surface area contributed by atoms with E-state index >= 15 is 0 Å². The molecule has 0 aromatic rings. The standard InChI is InChI=1S/C5H10N2O/c1-2-7-4-3-5(6)8/h2H,3-4H2,1H3,(H2,6,8)/b7-2-. The van der Waals surface area contributed by atoms with Crippen molar-refractivity contribution in [2.45, 2.75) is 13.3 Å². The Balaban J connectivity index is 3.05. The number of hydrogen-bond acceptors (Lipinski definition) is 2. The summed E-state index contributed by atoms with van der Waals surface area (Å²) in [5.41, 5.74) is 4.82. The summed E-state index contributed by atoms with van der Waals surface area (Å²) in [6.45, 7) is 2.33. The van der Waals surface area contributed by atoms with Crippen LogP contribution in [0, 0.1) is 0 Å². The largest absolute Gasteiger partial charge is 0.370 e. The van der Waals surface area contributed by atoms with E-state index in [2.05, 4.69) is 4.99 Å². The van der Waals surface area contributed by atoms with Gasteiger partial charge in [0.15, 0.2) is 0 Å². The van der Waals surface area contributed by atoms with Crippen LogP contribution in [0.25, 0.3) is 0 Å². The SMILES string of the molecule is C/C=N\CCC(N)=O. The highest BCUT2D eigenvalue weighted by Crippen LogP contribution is 1.75. The van der Waals surface area contributed by atoms with Crippen molar-refractivity contribution < 1.29 is 4.79 Å². The van der Waals surface area contributed by atoms with Crippen LogP contribution >= 0.6 is 0 Å². The van der Waals surface area contributed by atoms with Gasteiger partial charge in [0.1, 0.15) is 0 Å². The van der Waals surface area contributed by atoms with Crippen LogP contribution in [0.4, 0.5) is 0 Å². The minimum atomic E-state index is -0.296. The first-order valence-electron chi connectivity index (χ1n) is 2.50. The van der Waals surface area contributed by atoms with Gasteiger partial charge in [-0.3, -0.25) is 9.79 Å². The smallest absolute Gasteiger partial charge is 0.219 e. The predicted octanol–water partition coefficient (Wildman–Crippen LogP) is -0.0475. The summed E-state index contributed by atoms with van der Waals surface area (Å²) < 4.78 is 0. The zero-order valence-electron chi connectivity index (χ0n) is 4.92. The summed E-state index contributed by atoms with van der Waals surface area (Å²) in [5.74, 6) is -0.296. The van der Waals surface area contributed by atoms with E-state index in [0.29, 0.717) is 13.0 Å². The molecule has 0 aliphatic carbocycles. The summed E-state index contributed by atoms with van der Waals surface area (Å²) >= 11 is 0. The van der Waals surface area contributed by atoms with E-state index in [1.807, 2.05) is 0 Å². The van der Waals surface area contributed by atoms with Crippen molar-refractivity contribution >= 4 is 12.1 Å². The Hall–Kier alpha value is -0.860. The van der Waals surface area contributed by atoms with Gasteiger partial charge in [0.25, 0.3) is 0 Å². The third-order valence-corrected chi connectivity index (χ3v) is 0.670. The summed E-state index contributed by atoms with van der Waals surface area (Å²) in [6, 6.07) is 0. The highest BCUT2D eigenvalue weighted by atomic mass is 16.1.